The summed E-state index contributed by atoms with van der Waals surface area (Å²) in [6.07, 6.45) is 5.39. The summed E-state index contributed by atoms with van der Waals surface area (Å²) in [5, 5.41) is 4.98. The van der Waals surface area contributed by atoms with E-state index in [0.29, 0.717) is 30.1 Å². The summed E-state index contributed by atoms with van der Waals surface area (Å²) in [7, 11) is -3.40. The monoisotopic (exact) mass is 425 g/mol. The molecule has 28 heavy (non-hydrogen) atoms. The molecule has 1 aromatic heterocycles. The van der Waals surface area contributed by atoms with Gasteiger partial charge < -0.3 is 5.32 Å². The Hall–Kier alpha value is -1.22. The molecule has 0 radical (unpaired) electrons. The Morgan fingerprint density at radius 2 is 1.86 bits per heavy atom. The van der Waals surface area contributed by atoms with Gasteiger partial charge in [-0.1, -0.05) is 17.7 Å². The van der Waals surface area contributed by atoms with E-state index < -0.39 is 10.0 Å². The highest BCUT2D eigenvalue weighted by Gasteiger charge is 2.33. The van der Waals surface area contributed by atoms with Crippen LogP contribution in [0.4, 0.5) is 0 Å². The molecule has 0 aliphatic carbocycles. The fraction of sp³-hybridized carbons (Fsp3) is 0.650. The quantitative estimate of drug-likeness (QED) is 0.712. The summed E-state index contributed by atoms with van der Waals surface area (Å²) in [6.45, 7) is 8.06. The van der Waals surface area contributed by atoms with Crippen molar-refractivity contribution in [2.75, 3.05) is 32.7 Å². The summed E-state index contributed by atoms with van der Waals surface area (Å²) in [5.74, 6) is 0.00871. The molecule has 2 fully saturated rings. The third kappa shape index (κ3) is 5.43. The van der Waals surface area contributed by atoms with Gasteiger partial charge in [-0.25, -0.2) is 8.42 Å². The van der Waals surface area contributed by atoms with Gasteiger partial charge in [0, 0.05) is 44.7 Å². The second-order valence-electron chi connectivity index (χ2n) is 7.98. The third-order valence-corrected chi connectivity index (χ3v) is 8.88. The van der Waals surface area contributed by atoms with Crippen LogP contribution in [-0.4, -0.2) is 62.3 Å². The van der Waals surface area contributed by atoms with Crippen molar-refractivity contribution in [2.45, 2.75) is 49.8 Å². The van der Waals surface area contributed by atoms with E-state index in [4.69, 9.17) is 0 Å². The SMILES string of the molecule is CC(C)=CCN1CCC(NC(=O)C2CCN(S(=O)(=O)c3cccs3)CC2)CC1. The highest BCUT2D eigenvalue weighted by atomic mass is 32.2. The van der Waals surface area contributed by atoms with Gasteiger partial charge >= 0.3 is 0 Å². The normalized spacial score (nSPS) is 20.8. The Kier molecular flexibility index (Phi) is 7.31. The second-order valence-corrected chi connectivity index (χ2v) is 11.1. The fourth-order valence-corrected chi connectivity index (χ4v) is 6.40. The number of thiophene rings is 1. The molecular weight excluding hydrogens is 394 g/mol. The molecule has 2 saturated heterocycles. The first-order chi connectivity index (χ1) is 13.4. The molecule has 2 aliphatic heterocycles. The molecule has 1 N–H and O–H groups in total. The first-order valence-electron chi connectivity index (χ1n) is 10.1. The Bertz CT molecular complexity index is 770. The summed E-state index contributed by atoms with van der Waals surface area (Å²) < 4.78 is 27.1. The Morgan fingerprint density at radius 1 is 1.18 bits per heavy atom. The van der Waals surface area contributed by atoms with E-state index in [1.54, 1.807) is 17.5 Å². The summed E-state index contributed by atoms with van der Waals surface area (Å²) in [4.78, 5) is 15.1. The molecule has 156 valence electrons. The zero-order chi connectivity index (χ0) is 20.1. The van der Waals surface area contributed by atoms with Crippen molar-refractivity contribution in [1.29, 1.82) is 0 Å². The van der Waals surface area contributed by atoms with Crippen LogP contribution in [0.3, 0.4) is 0 Å². The van der Waals surface area contributed by atoms with Crippen molar-refractivity contribution in [2.24, 2.45) is 5.92 Å². The molecular formula is C20H31N3O3S2. The molecule has 0 unspecified atom stereocenters. The second kappa shape index (κ2) is 9.52. The van der Waals surface area contributed by atoms with Crippen LogP contribution in [0.5, 0.6) is 0 Å². The van der Waals surface area contributed by atoms with Gasteiger partial charge in [0.1, 0.15) is 4.21 Å². The Balaban J connectivity index is 1.43. The zero-order valence-electron chi connectivity index (χ0n) is 16.8. The van der Waals surface area contributed by atoms with Gasteiger partial charge in [-0.2, -0.15) is 4.31 Å². The van der Waals surface area contributed by atoms with E-state index in [1.807, 2.05) is 0 Å². The van der Waals surface area contributed by atoms with Gasteiger partial charge in [-0.05, 0) is 51.0 Å². The minimum Gasteiger partial charge on any atom is -0.353 e. The number of sulfonamides is 1. The van der Waals surface area contributed by atoms with Gasteiger partial charge in [-0.3, -0.25) is 9.69 Å². The van der Waals surface area contributed by atoms with E-state index in [9.17, 15) is 13.2 Å². The molecule has 1 amide bonds. The number of carbonyl (C=O) groups is 1. The van der Waals surface area contributed by atoms with Crippen LogP contribution >= 0.6 is 11.3 Å². The van der Waals surface area contributed by atoms with Crippen molar-refractivity contribution in [3.05, 3.63) is 29.2 Å². The molecule has 3 heterocycles. The predicted octanol–water partition coefficient (Wildman–Crippen LogP) is 2.70. The first-order valence-corrected chi connectivity index (χ1v) is 12.4. The van der Waals surface area contributed by atoms with Crippen LogP contribution in [0.1, 0.15) is 39.5 Å². The van der Waals surface area contributed by atoms with Gasteiger partial charge in [0.15, 0.2) is 0 Å². The predicted molar refractivity (Wildman–Crippen MR) is 113 cm³/mol. The van der Waals surface area contributed by atoms with E-state index in [-0.39, 0.29) is 17.9 Å². The number of nitrogens with zero attached hydrogens (tertiary/aromatic N) is 2. The summed E-state index contributed by atoms with van der Waals surface area (Å²) >= 11 is 1.24. The van der Waals surface area contributed by atoms with Crippen LogP contribution in [-0.2, 0) is 14.8 Å². The molecule has 8 heteroatoms. The van der Waals surface area contributed by atoms with Crippen molar-refractivity contribution < 1.29 is 13.2 Å². The lowest BCUT2D eigenvalue weighted by Crippen LogP contribution is -2.48. The summed E-state index contributed by atoms with van der Waals surface area (Å²) in [5.41, 5.74) is 1.34. The highest BCUT2D eigenvalue weighted by Crippen LogP contribution is 2.26. The standard InChI is InChI=1S/C20H31N3O3S2/c1-16(2)5-10-22-11-8-18(9-12-22)21-20(24)17-6-13-23(14-7-17)28(25,26)19-4-3-15-27-19/h3-5,15,17-18H,6-14H2,1-2H3,(H,21,24). The molecule has 1 aromatic rings. The van der Waals surface area contributed by atoms with E-state index in [1.165, 1.54) is 21.2 Å². The van der Waals surface area contributed by atoms with Crippen molar-refractivity contribution >= 4 is 27.3 Å². The number of amides is 1. The van der Waals surface area contributed by atoms with E-state index in [2.05, 4.69) is 30.1 Å². The minimum atomic E-state index is -3.40. The zero-order valence-corrected chi connectivity index (χ0v) is 18.4. The summed E-state index contributed by atoms with van der Waals surface area (Å²) in [6, 6.07) is 3.63. The van der Waals surface area contributed by atoms with Crippen LogP contribution < -0.4 is 5.32 Å². The maximum absolute atomic E-state index is 12.6. The van der Waals surface area contributed by atoms with Crippen LogP contribution in [0, 0.1) is 5.92 Å². The van der Waals surface area contributed by atoms with Gasteiger partial charge in [-0.15, -0.1) is 11.3 Å². The van der Waals surface area contributed by atoms with E-state index >= 15 is 0 Å². The number of hydrogen-bond donors (Lipinski definition) is 1. The van der Waals surface area contributed by atoms with Crippen molar-refractivity contribution in [3.63, 3.8) is 0 Å². The largest absolute Gasteiger partial charge is 0.353 e. The minimum absolute atomic E-state index is 0.0847. The fourth-order valence-electron chi connectivity index (χ4n) is 3.79. The molecule has 0 atom stereocenters. The van der Waals surface area contributed by atoms with Gasteiger partial charge in [0.2, 0.25) is 5.91 Å². The van der Waals surface area contributed by atoms with Crippen LogP contribution in [0.2, 0.25) is 0 Å². The average molecular weight is 426 g/mol. The molecule has 6 nitrogen and oxygen atoms in total. The number of carbonyl (C=O) groups excluding carboxylic acids is 1. The van der Waals surface area contributed by atoms with Crippen molar-refractivity contribution in [3.8, 4) is 0 Å². The Labute approximate surface area is 172 Å². The van der Waals surface area contributed by atoms with Crippen LogP contribution in [0.25, 0.3) is 0 Å². The van der Waals surface area contributed by atoms with Gasteiger partial charge in [0.25, 0.3) is 10.0 Å². The van der Waals surface area contributed by atoms with Gasteiger partial charge in [0.05, 0.1) is 0 Å². The lowest BCUT2D eigenvalue weighted by molar-refractivity contribution is -0.127. The maximum Gasteiger partial charge on any atom is 0.252 e. The van der Waals surface area contributed by atoms with Crippen LogP contribution in [0.15, 0.2) is 33.4 Å². The maximum atomic E-state index is 12.6. The number of hydrogen-bond acceptors (Lipinski definition) is 5. The first kappa shape index (κ1) is 21.5. The molecule has 0 bridgehead atoms. The average Bonchev–Trinajstić information content (AvgIpc) is 3.23. The lowest BCUT2D eigenvalue weighted by atomic mass is 9.96. The Morgan fingerprint density at radius 3 is 2.43 bits per heavy atom. The number of piperidine rings is 2. The van der Waals surface area contributed by atoms with E-state index in [0.717, 1.165) is 32.5 Å². The molecule has 2 aliphatic rings. The molecule has 0 spiro atoms. The highest BCUT2D eigenvalue weighted by molar-refractivity contribution is 7.91. The topological polar surface area (TPSA) is 69.7 Å². The molecule has 3 rings (SSSR count). The smallest absolute Gasteiger partial charge is 0.252 e. The molecule has 0 saturated carbocycles. The number of nitrogens with one attached hydrogen (secondary N) is 1. The molecule has 0 aromatic carbocycles. The number of rotatable bonds is 6. The third-order valence-electron chi connectivity index (χ3n) is 5.61. The lowest BCUT2D eigenvalue weighted by Gasteiger charge is -2.34. The number of allylic oxidation sites excluding steroid dienone is 1. The number of likely N-dealkylation sites (tertiary alicyclic amines) is 1. The van der Waals surface area contributed by atoms with Crippen molar-refractivity contribution in [1.82, 2.24) is 14.5 Å².